The van der Waals surface area contributed by atoms with Crippen LogP contribution in [-0.2, 0) is 4.79 Å². The zero-order valence-electron chi connectivity index (χ0n) is 9.46. The molecule has 1 aliphatic carbocycles. The topological polar surface area (TPSA) is 44.4 Å². The zero-order chi connectivity index (χ0) is 10.7. The molecular formula is C11H21N3O. The highest BCUT2D eigenvalue weighted by Crippen LogP contribution is 2.28. The molecular weight excluding hydrogens is 190 g/mol. The molecule has 1 amide bonds. The van der Waals surface area contributed by atoms with Crippen molar-refractivity contribution >= 4 is 5.91 Å². The maximum atomic E-state index is 11.4. The van der Waals surface area contributed by atoms with Crippen LogP contribution in [0.25, 0.3) is 0 Å². The fraction of sp³-hybridized carbons (Fsp3) is 0.909. The summed E-state index contributed by atoms with van der Waals surface area (Å²) in [5.74, 6) is 0.603. The van der Waals surface area contributed by atoms with Crippen LogP contribution in [0.15, 0.2) is 0 Å². The molecule has 4 heteroatoms. The van der Waals surface area contributed by atoms with Crippen molar-refractivity contribution in [3.8, 4) is 0 Å². The molecule has 0 aromatic carbocycles. The first-order valence-corrected chi connectivity index (χ1v) is 5.95. The lowest BCUT2D eigenvalue weighted by Crippen LogP contribution is -2.50. The van der Waals surface area contributed by atoms with E-state index in [4.69, 9.17) is 0 Å². The monoisotopic (exact) mass is 211 g/mol. The number of carbonyl (C=O) groups excluding carboxylic acids is 1. The van der Waals surface area contributed by atoms with Gasteiger partial charge < -0.3 is 15.5 Å². The van der Waals surface area contributed by atoms with Gasteiger partial charge in [-0.2, -0.15) is 0 Å². The van der Waals surface area contributed by atoms with Crippen LogP contribution in [-0.4, -0.2) is 50.1 Å². The van der Waals surface area contributed by atoms with Gasteiger partial charge in [-0.3, -0.25) is 4.79 Å². The van der Waals surface area contributed by atoms with Gasteiger partial charge >= 0.3 is 0 Å². The third-order valence-corrected chi connectivity index (χ3v) is 3.20. The lowest BCUT2D eigenvalue weighted by Gasteiger charge is -2.30. The molecule has 2 N–H and O–H groups in total. The molecule has 15 heavy (non-hydrogen) atoms. The molecule has 1 saturated heterocycles. The van der Waals surface area contributed by atoms with Gasteiger partial charge in [0.25, 0.3) is 0 Å². The Kier molecular flexibility index (Phi) is 3.59. The number of piperazine rings is 1. The molecule has 2 aliphatic rings. The fourth-order valence-electron chi connectivity index (χ4n) is 2.04. The number of likely N-dealkylation sites (N-methyl/N-ethyl adjacent to an activating group) is 1. The molecule has 1 saturated carbocycles. The Hall–Kier alpha value is -0.610. The first-order valence-electron chi connectivity index (χ1n) is 5.95. The van der Waals surface area contributed by atoms with Crippen LogP contribution in [0.4, 0.5) is 0 Å². The number of hydrogen-bond acceptors (Lipinski definition) is 3. The maximum Gasteiger partial charge on any atom is 0.223 e. The summed E-state index contributed by atoms with van der Waals surface area (Å²) in [6, 6.07) is 0.545. The minimum Gasteiger partial charge on any atom is -0.356 e. The standard InChI is InChI=1S/C11H21N3O/c1-14-7-6-12-10(8-14)4-5-13-11(15)9-2-3-9/h9-10,12H,2-8H2,1H3,(H,13,15). The van der Waals surface area contributed by atoms with Crippen molar-refractivity contribution in [3.63, 3.8) is 0 Å². The third-order valence-electron chi connectivity index (χ3n) is 3.20. The van der Waals surface area contributed by atoms with Crippen molar-refractivity contribution in [2.24, 2.45) is 5.92 Å². The highest BCUT2D eigenvalue weighted by molar-refractivity contribution is 5.80. The highest BCUT2D eigenvalue weighted by atomic mass is 16.2. The van der Waals surface area contributed by atoms with Crippen molar-refractivity contribution in [2.75, 3.05) is 33.2 Å². The summed E-state index contributed by atoms with van der Waals surface area (Å²) < 4.78 is 0. The maximum absolute atomic E-state index is 11.4. The van der Waals surface area contributed by atoms with Gasteiger partial charge in [-0.1, -0.05) is 0 Å². The minimum absolute atomic E-state index is 0.263. The Labute approximate surface area is 91.4 Å². The van der Waals surface area contributed by atoms with E-state index in [0.29, 0.717) is 12.0 Å². The number of nitrogens with zero attached hydrogens (tertiary/aromatic N) is 1. The molecule has 0 bridgehead atoms. The van der Waals surface area contributed by atoms with Crippen LogP contribution >= 0.6 is 0 Å². The van der Waals surface area contributed by atoms with Gasteiger partial charge in [-0.15, -0.1) is 0 Å². The van der Waals surface area contributed by atoms with Crippen molar-refractivity contribution in [1.82, 2.24) is 15.5 Å². The Morgan fingerprint density at radius 1 is 1.53 bits per heavy atom. The molecule has 2 rings (SSSR count). The number of amides is 1. The summed E-state index contributed by atoms with van der Waals surface area (Å²) in [7, 11) is 2.15. The van der Waals surface area contributed by atoms with Crippen molar-refractivity contribution in [3.05, 3.63) is 0 Å². The van der Waals surface area contributed by atoms with Crippen molar-refractivity contribution in [1.29, 1.82) is 0 Å². The average molecular weight is 211 g/mol. The Morgan fingerprint density at radius 2 is 2.33 bits per heavy atom. The van der Waals surface area contributed by atoms with Crippen LogP contribution < -0.4 is 10.6 Å². The summed E-state index contributed by atoms with van der Waals surface area (Å²) in [4.78, 5) is 13.7. The Bertz CT molecular complexity index is 228. The molecule has 1 atom stereocenters. The van der Waals surface area contributed by atoms with Crippen LogP contribution in [0.2, 0.25) is 0 Å². The van der Waals surface area contributed by atoms with E-state index >= 15 is 0 Å². The van der Waals surface area contributed by atoms with Crippen LogP contribution in [0.3, 0.4) is 0 Å². The van der Waals surface area contributed by atoms with E-state index in [0.717, 1.165) is 45.4 Å². The lowest BCUT2D eigenvalue weighted by molar-refractivity contribution is -0.122. The van der Waals surface area contributed by atoms with Crippen LogP contribution in [0.1, 0.15) is 19.3 Å². The highest BCUT2D eigenvalue weighted by Gasteiger charge is 2.29. The van der Waals surface area contributed by atoms with E-state index in [1.807, 2.05) is 0 Å². The molecule has 86 valence electrons. The first-order chi connectivity index (χ1) is 7.25. The second-order valence-electron chi connectivity index (χ2n) is 4.77. The van der Waals surface area contributed by atoms with Crippen molar-refractivity contribution in [2.45, 2.75) is 25.3 Å². The number of nitrogens with one attached hydrogen (secondary N) is 2. The van der Waals surface area contributed by atoms with Crippen molar-refractivity contribution < 1.29 is 4.79 Å². The van der Waals surface area contributed by atoms with E-state index in [-0.39, 0.29) is 5.91 Å². The number of carbonyl (C=O) groups is 1. The number of rotatable bonds is 4. The molecule has 4 nitrogen and oxygen atoms in total. The van der Waals surface area contributed by atoms with Gasteiger partial charge in [0.15, 0.2) is 0 Å². The fourth-order valence-corrected chi connectivity index (χ4v) is 2.04. The quantitative estimate of drug-likeness (QED) is 0.677. The molecule has 1 aliphatic heterocycles. The van der Waals surface area contributed by atoms with Gasteiger partial charge in [-0.05, 0) is 26.3 Å². The molecule has 2 fully saturated rings. The molecule has 0 aromatic rings. The van der Waals surface area contributed by atoms with Gasteiger partial charge in [-0.25, -0.2) is 0 Å². The SMILES string of the molecule is CN1CCNC(CCNC(=O)C2CC2)C1. The van der Waals surface area contributed by atoms with E-state index in [1.165, 1.54) is 0 Å². The Balaban J connectivity index is 1.58. The van der Waals surface area contributed by atoms with Crippen LogP contribution in [0, 0.1) is 5.92 Å². The number of hydrogen-bond donors (Lipinski definition) is 2. The summed E-state index contributed by atoms with van der Waals surface area (Å²) in [6.45, 7) is 4.11. The largest absolute Gasteiger partial charge is 0.356 e. The molecule has 1 unspecified atom stereocenters. The molecule has 0 spiro atoms. The van der Waals surface area contributed by atoms with Crippen LogP contribution in [0.5, 0.6) is 0 Å². The Morgan fingerprint density at radius 3 is 3.00 bits per heavy atom. The van der Waals surface area contributed by atoms with Gasteiger partial charge in [0.05, 0.1) is 0 Å². The lowest BCUT2D eigenvalue weighted by atomic mass is 10.1. The second kappa shape index (κ2) is 4.94. The predicted molar refractivity (Wildman–Crippen MR) is 59.6 cm³/mol. The third kappa shape index (κ3) is 3.47. The van der Waals surface area contributed by atoms with E-state index in [9.17, 15) is 4.79 Å². The smallest absolute Gasteiger partial charge is 0.223 e. The molecule has 1 heterocycles. The molecule has 0 aromatic heterocycles. The second-order valence-corrected chi connectivity index (χ2v) is 4.77. The van der Waals surface area contributed by atoms with E-state index < -0.39 is 0 Å². The van der Waals surface area contributed by atoms with E-state index in [1.54, 1.807) is 0 Å². The zero-order valence-corrected chi connectivity index (χ0v) is 9.46. The average Bonchev–Trinajstić information content (AvgIpc) is 3.00. The summed E-state index contributed by atoms with van der Waals surface area (Å²) in [6.07, 6.45) is 3.23. The first kappa shape index (κ1) is 10.9. The minimum atomic E-state index is 0.263. The summed E-state index contributed by atoms with van der Waals surface area (Å²) >= 11 is 0. The summed E-state index contributed by atoms with van der Waals surface area (Å²) in [5.41, 5.74) is 0. The van der Waals surface area contributed by atoms with Gasteiger partial charge in [0.1, 0.15) is 0 Å². The summed E-state index contributed by atoms with van der Waals surface area (Å²) in [5, 5.41) is 6.48. The normalized spacial score (nSPS) is 27.7. The predicted octanol–water partition coefficient (Wildman–Crippen LogP) is -0.194. The van der Waals surface area contributed by atoms with Gasteiger partial charge in [0, 0.05) is 38.1 Å². The van der Waals surface area contributed by atoms with Gasteiger partial charge in [0.2, 0.25) is 5.91 Å². The molecule has 0 radical (unpaired) electrons. The van der Waals surface area contributed by atoms with E-state index in [2.05, 4.69) is 22.6 Å².